The number of rotatable bonds is 16. The molecule has 42 heavy (non-hydrogen) atoms. The first-order chi connectivity index (χ1) is 20.5. The van der Waals surface area contributed by atoms with Gasteiger partial charge in [0.15, 0.2) is 5.78 Å². The maximum atomic E-state index is 12.6. The summed E-state index contributed by atoms with van der Waals surface area (Å²) in [5.41, 5.74) is 4.57. The van der Waals surface area contributed by atoms with Gasteiger partial charge in [-0.1, -0.05) is 74.9 Å². The molecule has 0 N–H and O–H groups in total. The molecule has 0 aromatic heterocycles. The summed E-state index contributed by atoms with van der Waals surface area (Å²) in [6.45, 7) is 7.52. The number of halogens is 1. The fourth-order valence-electron chi connectivity index (χ4n) is 4.65. The molecular weight excluding hydrogens is 548 g/mol. The Morgan fingerprint density at radius 3 is 2.14 bits per heavy atom. The zero-order valence-corrected chi connectivity index (χ0v) is 25.4. The predicted octanol–water partition coefficient (Wildman–Crippen LogP) is 9.15. The van der Waals surface area contributed by atoms with Crippen LogP contribution in [0.1, 0.15) is 59.3 Å². The SMILES string of the molecule is CCCc1c(OCCCOc2cc(OCc3ccccc3)c(C(=O)CCl)cc2CC)cccc1Oc1ccccc1C. The first-order valence-electron chi connectivity index (χ1n) is 14.6. The second kappa shape index (κ2) is 15.9. The Morgan fingerprint density at radius 2 is 1.43 bits per heavy atom. The number of hydrogen-bond donors (Lipinski definition) is 0. The van der Waals surface area contributed by atoms with E-state index in [2.05, 4.69) is 6.92 Å². The summed E-state index contributed by atoms with van der Waals surface area (Å²) in [4.78, 5) is 12.6. The summed E-state index contributed by atoms with van der Waals surface area (Å²) in [5, 5.41) is 0. The predicted molar refractivity (Wildman–Crippen MR) is 169 cm³/mol. The van der Waals surface area contributed by atoms with E-state index in [1.165, 1.54) is 0 Å². The number of alkyl halides is 1. The van der Waals surface area contributed by atoms with E-state index in [0.717, 1.165) is 52.3 Å². The van der Waals surface area contributed by atoms with E-state index in [1.54, 1.807) is 0 Å². The molecule has 0 aliphatic heterocycles. The van der Waals surface area contributed by atoms with Crippen LogP contribution in [0.15, 0.2) is 84.9 Å². The second-order valence-corrected chi connectivity index (χ2v) is 10.3. The van der Waals surface area contributed by atoms with Gasteiger partial charge in [-0.2, -0.15) is 0 Å². The Bertz CT molecular complexity index is 1450. The van der Waals surface area contributed by atoms with Gasteiger partial charge in [-0.25, -0.2) is 0 Å². The van der Waals surface area contributed by atoms with Gasteiger partial charge in [-0.05, 0) is 60.7 Å². The van der Waals surface area contributed by atoms with Crippen LogP contribution < -0.4 is 18.9 Å². The zero-order chi connectivity index (χ0) is 29.7. The first kappa shape index (κ1) is 31.0. The highest BCUT2D eigenvalue weighted by molar-refractivity contribution is 6.30. The molecule has 0 aliphatic carbocycles. The molecule has 5 nitrogen and oxygen atoms in total. The van der Waals surface area contributed by atoms with E-state index >= 15 is 0 Å². The molecule has 0 saturated carbocycles. The Balaban J connectivity index is 1.41. The molecule has 4 aromatic carbocycles. The normalized spacial score (nSPS) is 10.8. The minimum atomic E-state index is -0.175. The van der Waals surface area contributed by atoms with Gasteiger partial charge in [0, 0.05) is 18.1 Å². The lowest BCUT2D eigenvalue weighted by molar-refractivity contribution is 0.101. The minimum absolute atomic E-state index is 0.111. The Hall–Kier alpha value is -3.96. The molecule has 0 aliphatic rings. The van der Waals surface area contributed by atoms with Crippen molar-refractivity contribution in [2.24, 2.45) is 0 Å². The third kappa shape index (κ3) is 8.29. The van der Waals surface area contributed by atoms with Crippen LogP contribution in [-0.4, -0.2) is 24.9 Å². The van der Waals surface area contributed by atoms with Crippen LogP contribution in [0.2, 0.25) is 0 Å². The summed E-state index contributed by atoms with van der Waals surface area (Å²) < 4.78 is 24.8. The van der Waals surface area contributed by atoms with Crippen LogP contribution in [0.4, 0.5) is 0 Å². The quantitative estimate of drug-likeness (QED) is 0.0744. The highest BCUT2D eigenvalue weighted by atomic mass is 35.5. The number of hydrogen-bond acceptors (Lipinski definition) is 5. The van der Waals surface area contributed by atoms with Gasteiger partial charge < -0.3 is 18.9 Å². The number of ether oxygens (including phenoxy) is 4. The van der Waals surface area contributed by atoms with Crippen LogP contribution in [0.3, 0.4) is 0 Å². The molecule has 0 unspecified atom stereocenters. The molecular formula is C36H39ClO5. The summed E-state index contributed by atoms with van der Waals surface area (Å²) in [6.07, 6.45) is 3.22. The van der Waals surface area contributed by atoms with Crippen molar-refractivity contribution in [3.63, 3.8) is 0 Å². The van der Waals surface area contributed by atoms with Crippen LogP contribution in [0, 0.1) is 6.92 Å². The summed E-state index contributed by atoms with van der Waals surface area (Å²) >= 11 is 5.91. The molecule has 0 saturated heterocycles. The van der Waals surface area contributed by atoms with Crippen molar-refractivity contribution in [1.82, 2.24) is 0 Å². The van der Waals surface area contributed by atoms with Crippen LogP contribution in [0.25, 0.3) is 0 Å². The lowest BCUT2D eigenvalue weighted by Crippen LogP contribution is -2.10. The highest BCUT2D eigenvalue weighted by Gasteiger charge is 2.17. The van der Waals surface area contributed by atoms with Crippen molar-refractivity contribution in [2.75, 3.05) is 19.1 Å². The molecule has 0 fully saturated rings. The van der Waals surface area contributed by atoms with Gasteiger partial charge in [0.05, 0.1) is 24.7 Å². The summed E-state index contributed by atoms with van der Waals surface area (Å²) in [5.74, 6) is 3.39. The topological polar surface area (TPSA) is 54.0 Å². The van der Waals surface area contributed by atoms with E-state index in [-0.39, 0.29) is 11.7 Å². The number of aryl methyl sites for hydroxylation is 2. The van der Waals surface area contributed by atoms with Crippen molar-refractivity contribution >= 4 is 17.4 Å². The van der Waals surface area contributed by atoms with E-state index in [9.17, 15) is 4.79 Å². The fraction of sp³-hybridized carbons (Fsp3) is 0.306. The largest absolute Gasteiger partial charge is 0.493 e. The van der Waals surface area contributed by atoms with Crippen LogP contribution in [-0.2, 0) is 19.4 Å². The van der Waals surface area contributed by atoms with E-state index in [4.69, 9.17) is 30.5 Å². The molecule has 0 spiro atoms. The van der Waals surface area contributed by atoms with Crippen molar-refractivity contribution in [1.29, 1.82) is 0 Å². The van der Waals surface area contributed by atoms with E-state index in [0.29, 0.717) is 49.7 Å². The molecule has 220 valence electrons. The monoisotopic (exact) mass is 586 g/mol. The number of benzene rings is 4. The standard InChI is InChI=1S/C36H39ClO5/c1-4-13-29-33(18-11-19-34(29)42-32-17-10-9-14-26(32)3)39-20-12-21-40-35-23-36(41-25-27-15-7-6-8-16-27)30(31(38)24-37)22-28(35)5-2/h6-11,14-19,22-23H,4-5,12-13,20-21,24-25H2,1-3H3. The summed E-state index contributed by atoms with van der Waals surface area (Å²) in [6, 6.07) is 27.5. The first-order valence-corrected chi connectivity index (χ1v) is 15.1. The smallest absolute Gasteiger partial charge is 0.181 e. The Kier molecular flexibility index (Phi) is 11.7. The van der Waals surface area contributed by atoms with E-state index in [1.807, 2.05) is 98.8 Å². The third-order valence-corrected chi connectivity index (χ3v) is 7.15. The lowest BCUT2D eigenvalue weighted by atomic mass is 10.0. The third-order valence-electron chi connectivity index (χ3n) is 6.91. The average Bonchev–Trinajstić information content (AvgIpc) is 3.02. The van der Waals surface area contributed by atoms with Gasteiger partial charge in [-0.3, -0.25) is 4.79 Å². The molecule has 0 radical (unpaired) electrons. The number of ketones is 1. The zero-order valence-electron chi connectivity index (χ0n) is 24.7. The van der Waals surface area contributed by atoms with Crippen molar-refractivity contribution in [3.05, 3.63) is 113 Å². The number of carbonyl (C=O) groups excluding carboxylic acids is 1. The van der Waals surface area contributed by atoms with Gasteiger partial charge in [0.2, 0.25) is 0 Å². The number of Topliss-reactive ketones (excluding diaryl/α,β-unsaturated/α-hetero) is 1. The number of para-hydroxylation sites is 1. The molecule has 0 bridgehead atoms. The minimum Gasteiger partial charge on any atom is -0.493 e. The summed E-state index contributed by atoms with van der Waals surface area (Å²) in [7, 11) is 0. The molecule has 4 rings (SSSR count). The van der Waals surface area contributed by atoms with E-state index < -0.39 is 0 Å². The van der Waals surface area contributed by atoms with Gasteiger partial charge in [-0.15, -0.1) is 11.6 Å². The molecule has 0 amide bonds. The maximum absolute atomic E-state index is 12.6. The maximum Gasteiger partial charge on any atom is 0.181 e. The molecule has 0 heterocycles. The molecule has 4 aromatic rings. The van der Waals surface area contributed by atoms with Gasteiger partial charge in [0.25, 0.3) is 0 Å². The second-order valence-electron chi connectivity index (χ2n) is 10.0. The van der Waals surface area contributed by atoms with Crippen LogP contribution in [0.5, 0.6) is 28.7 Å². The Labute approximate surface area is 254 Å². The number of carbonyl (C=O) groups is 1. The van der Waals surface area contributed by atoms with Crippen molar-refractivity contribution in [3.8, 4) is 28.7 Å². The molecule has 6 heteroatoms. The van der Waals surface area contributed by atoms with Gasteiger partial charge in [0.1, 0.15) is 35.4 Å². The average molecular weight is 587 g/mol. The van der Waals surface area contributed by atoms with Crippen LogP contribution >= 0.6 is 11.6 Å². The Morgan fingerprint density at radius 1 is 0.738 bits per heavy atom. The fourth-order valence-corrected chi connectivity index (χ4v) is 4.79. The lowest BCUT2D eigenvalue weighted by Gasteiger charge is -2.18. The molecule has 0 atom stereocenters. The van der Waals surface area contributed by atoms with Crippen molar-refractivity contribution < 1.29 is 23.7 Å². The van der Waals surface area contributed by atoms with Gasteiger partial charge >= 0.3 is 0 Å². The highest BCUT2D eigenvalue weighted by Crippen LogP contribution is 2.35. The van der Waals surface area contributed by atoms with Crippen molar-refractivity contribution in [2.45, 2.75) is 53.1 Å².